The van der Waals surface area contributed by atoms with Crippen molar-refractivity contribution in [2.45, 2.75) is 12.8 Å². The Morgan fingerprint density at radius 2 is 2.25 bits per heavy atom. The Balaban J connectivity index is 1.85. The number of nitrogens with zero attached hydrogens (tertiary/aromatic N) is 2. The van der Waals surface area contributed by atoms with E-state index in [1.165, 1.54) is 12.8 Å². The van der Waals surface area contributed by atoms with Gasteiger partial charge < -0.3 is 9.84 Å². The fourth-order valence-electron chi connectivity index (χ4n) is 2.09. The zero-order chi connectivity index (χ0) is 14.1. The van der Waals surface area contributed by atoms with Crippen molar-refractivity contribution in [3.8, 4) is 17.0 Å². The molecule has 0 bridgehead atoms. The number of aromatic nitrogens is 2. The van der Waals surface area contributed by atoms with Gasteiger partial charge in [-0.3, -0.25) is 4.68 Å². The molecule has 5 heteroatoms. The summed E-state index contributed by atoms with van der Waals surface area (Å²) in [4.78, 5) is 10.9. The SMILES string of the molecule is Cn1nc(C(=O)O)cc1-c1cccc(OCC2CC2)c1. The van der Waals surface area contributed by atoms with E-state index in [1.54, 1.807) is 17.8 Å². The fourth-order valence-corrected chi connectivity index (χ4v) is 2.09. The summed E-state index contributed by atoms with van der Waals surface area (Å²) < 4.78 is 7.31. The number of carbonyl (C=O) groups is 1. The monoisotopic (exact) mass is 272 g/mol. The van der Waals surface area contributed by atoms with Crippen LogP contribution in [0.1, 0.15) is 23.3 Å². The number of ether oxygens (including phenoxy) is 1. The summed E-state index contributed by atoms with van der Waals surface area (Å²) in [6.45, 7) is 0.759. The second kappa shape index (κ2) is 5.00. The van der Waals surface area contributed by atoms with Gasteiger partial charge in [-0.05, 0) is 37.0 Å². The van der Waals surface area contributed by atoms with Crippen LogP contribution in [0.25, 0.3) is 11.3 Å². The average Bonchev–Trinajstić information content (AvgIpc) is 3.18. The average molecular weight is 272 g/mol. The summed E-state index contributed by atoms with van der Waals surface area (Å²) in [6, 6.07) is 9.24. The predicted octanol–water partition coefficient (Wildman–Crippen LogP) is 2.57. The number of carboxylic acid groups (broad SMARTS) is 1. The third-order valence-corrected chi connectivity index (χ3v) is 3.41. The van der Waals surface area contributed by atoms with Crippen LogP contribution in [0, 0.1) is 5.92 Å². The zero-order valence-corrected chi connectivity index (χ0v) is 11.2. The maximum absolute atomic E-state index is 10.9. The number of aromatic carboxylic acids is 1. The summed E-state index contributed by atoms with van der Waals surface area (Å²) in [5.74, 6) is 0.495. The van der Waals surface area contributed by atoms with E-state index < -0.39 is 5.97 Å². The van der Waals surface area contributed by atoms with Crippen LogP contribution in [0.5, 0.6) is 5.75 Å². The minimum atomic E-state index is -1.02. The van der Waals surface area contributed by atoms with Crippen molar-refractivity contribution in [1.82, 2.24) is 9.78 Å². The van der Waals surface area contributed by atoms with Crippen molar-refractivity contribution in [2.75, 3.05) is 6.61 Å². The third kappa shape index (κ3) is 2.66. The fraction of sp³-hybridized carbons (Fsp3) is 0.333. The molecule has 0 spiro atoms. The number of benzene rings is 1. The molecule has 1 saturated carbocycles. The molecule has 20 heavy (non-hydrogen) atoms. The first-order valence-electron chi connectivity index (χ1n) is 6.64. The summed E-state index contributed by atoms with van der Waals surface area (Å²) in [6.07, 6.45) is 2.51. The molecule has 0 radical (unpaired) electrons. The van der Waals surface area contributed by atoms with Crippen LogP contribution in [0.15, 0.2) is 30.3 Å². The largest absolute Gasteiger partial charge is 0.493 e. The second-order valence-corrected chi connectivity index (χ2v) is 5.13. The van der Waals surface area contributed by atoms with Gasteiger partial charge in [0.05, 0.1) is 12.3 Å². The number of aryl methyl sites for hydroxylation is 1. The molecule has 1 N–H and O–H groups in total. The number of hydrogen-bond acceptors (Lipinski definition) is 3. The van der Waals surface area contributed by atoms with E-state index >= 15 is 0 Å². The van der Waals surface area contributed by atoms with Gasteiger partial charge in [-0.2, -0.15) is 5.10 Å². The third-order valence-electron chi connectivity index (χ3n) is 3.41. The Labute approximate surface area is 116 Å². The molecule has 0 aliphatic heterocycles. The van der Waals surface area contributed by atoms with Gasteiger partial charge in [0.15, 0.2) is 5.69 Å². The Morgan fingerprint density at radius 3 is 2.90 bits per heavy atom. The summed E-state index contributed by atoms with van der Waals surface area (Å²) in [5, 5.41) is 13.0. The second-order valence-electron chi connectivity index (χ2n) is 5.13. The summed E-state index contributed by atoms with van der Waals surface area (Å²) >= 11 is 0. The first-order valence-corrected chi connectivity index (χ1v) is 6.64. The maximum Gasteiger partial charge on any atom is 0.356 e. The van der Waals surface area contributed by atoms with Gasteiger partial charge in [0.2, 0.25) is 0 Å². The first kappa shape index (κ1) is 12.7. The van der Waals surface area contributed by atoms with Crippen LogP contribution in [0.2, 0.25) is 0 Å². The molecule has 0 unspecified atom stereocenters. The van der Waals surface area contributed by atoms with E-state index in [2.05, 4.69) is 5.10 Å². The van der Waals surface area contributed by atoms with Crippen molar-refractivity contribution in [3.63, 3.8) is 0 Å². The van der Waals surface area contributed by atoms with Crippen molar-refractivity contribution < 1.29 is 14.6 Å². The summed E-state index contributed by atoms with van der Waals surface area (Å²) in [7, 11) is 1.74. The number of hydrogen-bond donors (Lipinski definition) is 1. The van der Waals surface area contributed by atoms with Gasteiger partial charge in [0, 0.05) is 12.6 Å². The van der Waals surface area contributed by atoms with Crippen LogP contribution >= 0.6 is 0 Å². The molecule has 1 fully saturated rings. The quantitative estimate of drug-likeness (QED) is 0.908. The molecule has 1 aromatic heterocycles. The van der Waals surface area contributed by atoms with Gasteiger partial charge in [0.25, 0.3) is 0 Å². The van der Waals surface area contributed by atoms with Crippen molar-refractivity contribution in [2.24, 2.45) is 13.0 Å². The Hall–Kier alpha value is -2.30. The van der Waals surface area contributed by atoms with Crippen LogP contribution in [-0.2, 0) is 7.05 Å². The smallest absolute Gasteiger partial charge is 0.356 e. The van der Waals surface area contributed by atoms with E-state index in [4.69, 9.17) is 9.84 Å². The molecule has 1 aliphatic rings. The minimum absolute atomic E-state index is 0.0480. The minimum Gasteiger partial charge on any atom is -0.493 e. The maximum atomic E-state index is 10.9. The van der Waals surface area contributed by atoms with E-state index in [1.807, 2.05) is 24.3 Å². The van der Waals surface area contributed by atoms with Gasteiger partial charge in [0.1, 0.15) is 5.75 Å². The van der Waals surface area contributed by atoms with Gasteiger partial charge >= 0.3 is 5.97 Å². The van der Waals surface area contributed by atoms with E-state index in [9.17, 15) is 4.79 Å². The number of rotatable bonds is 5. The molecule has 0 atom stereocenters. The Morgan fingerprint density at radius 1 is 1.45 bits per heavy atom. The van der Waals surface area contributed by atoms with Crippen molar-refractivity contribution in [1.29, 1.82) is 0 Å². The van der Waals surface area contributed by atoms with Crippen LogP contribution in [0.3, 0.4) is 0 Å². The van der Waals surface area contributed by atoms with Crippen LogP contribution in [0.4, 0.5) is 0 Å². The van der Waals surface area contributed by atoms with Crippen molar-refractivity contribution in [3.05, 3.63) is 36.0 Å². The first-order chi connectivity index (χ1) is 9.63. The standard InChI is InChI=1S/C15H16N2O3/c1-17-14(8-13(16-17)15(18)19)11-3-2-4-12(7-11)20-9-10-5-6-10/h2-4,7-8,10H,5-6,9H2,1H3,(H,18,19). The number of carboxylic acids is 1. The van der Waals surface area contributed by atoms with E-state index in [-0.39, 0.29) is 5.69 Å². The lowest BCUT2D eigenvalue weighted by Gasteiger charge is -2.07. The van der Waals surface area contributed by atoms with E-state index in [0.29, 0.717) is 5.92 Å². The van der Waals surface area contributed by atoms with Gasteiger partial charge in [-0.25, -0.2) is 4.79 Å². The molecule has 5 nitrogen and oxygen atoms in total. The Bertz CT molecular complexity index is 644. The zero-order valence-electron chi connectivity index (χ0n) is 11.2. The molecule has 0 amide bonds. The van der Waals surface area contributed by atoms with Crippen LogP contribution in [-0.4, -0.2) is 27.5 Å². The Kier molecular flexibility index (Phi) is 3.18. The topological polar surface area (TPSA) is 64.4 Å². The molecule has 1 aliphatic carbocycles. The highest BCUT2D eigenvalue weighted by Crippen LogP contribution is 2.30. The lowest BCUT2D eigenvalue weighted by Crippen LogP contribution is -2.00. The van der Waals surface area contributed by atoms with Gasteiger partial charge in [-0.15, -0.1) is 0 Å². The molecule has 0 saturated heterocycles. The molecule has 3 rings (SSSR count). The lowest BCUT2D eigenvalue weighted by atomic mass is 10.1. The molecule has 1 heterocycles. The predicted molar refractivity (Wildman–Crippen MR) is 73.8 cm³/mol. The van der Waals surface area contributed by atoms with Crippen LogP contribution < -0.4 is 4.74 Å². The molecular weight excluding hydrogens is 256 g/mol. The molecule has 1 aromatic carbocycles. The molecular formula is C15H16N2O3. The van der Waals surface area contributed by atoms with Gasteiger partial charge in [-0.1, -0.05) is 12.1 Å². The van der Waals surface area contributed by atoms with E-state index in [0.717, 1.165) is 23.6 Å². The normalized spacial score (nSPS) is 14.2. The summed E-state index contributed by atoms with van der Waals surface area (Å²) in [5.41, 5.74) is 1.71. The highest BCUT2D eigenvalue weighted by molar-refractivity contribution is 5.87. The highest BCUT2D eigenvalue weighted by atomic mass is 16.5. The van der Waals surface area contributed by atoms with Crippen molar-refractivity contribution >= 4 is 5.97 Å². The molecule has 2 aromatic rings. The highest BCUT2D eigenvalue weighted by Gasteiger charge is 2.22. The lowest BCUT2D eigenvalue weighted by molar-refractivity contribution is 0.0689. The molecule has 104 valence electrons.